The zero-order chi connectivity index (χ0) is 16.4. The van der Waals surface area contributed by atoms with Crippen molar-refractivity contribution in [3.63, 3.8) is 0 Å². The lowest BCUT2D eigenvalue weighted by Crippen LogP contribution is -2.52. The third-order valence-electron chi connectivity index (χ3n) is 4.13. The van der Waals surface area contributed by atoms with Crippen LogP contribution in [0.15, 0.2) is 48.5 Å². The van der Waals surface area contributed by atoms with Gasteiger partial charge in [-0.1, -0.05) is 47.5 Å². The van der Waals surface area contributed by atoms with Crippen molar-refractivity contribution in [2.45, 2.75) is 19.9 Å². The van der Waals surface area contributed by atoms with Gasteiger partial charge in [-0.3, -0.25) is 9.59 Å². The fourth-order valence-corrected chi connectivity index (χ4v) is 2.91. The summed E-state index contributed by atoms with van der Waals surface area (Å²) in [5.74, 6) is -0.227. The summed E-state index contributed by atoms with van der Waals surface area (Å²) >= 11 is 0. The van der Waals surface area contributed by atoms with Gasteiger partial charge in [-0.15, -0.1) is 0 Å². The molecule has 2 aromatic carbocycles. The molecule has 1 fully saturated rings. The van der Waals surface area contributed by atoms with E-state index in [0.29, 0.717) is 18.7 Å². The van der Waals surface area contributed by atoms with Crippen LogP contribution >= 0.6 is 0 Å². The van der Waals surface area contributed by atoms with Crippen LogP contribution in [0.5, 0.6) is 0 Å². The molecule has 118 valence electrons. The van der Waals surface area contributed by atoms with E-state index in [1.54, 1.807) is 11.0 Å². The van der Waals surface area contributed by atoms with Gasteiger partial charge in [0.05, 0.1) is 0 Å². The Balaban J connectivity index is 1.96. The summed E-state index contributed by atoms with van der Waals surface area (Å²) in [5.41, 5.74) is 3.62. The number of hydrogen-bond acceptors (Lipinski definition) is 2. The van der Waals surface area contributed by atoms with Gasteiger partial charge in [-0.2, -0.15) is 0 Å². The zero-order valence-corrected chi connectivity index (χ0v) is 13.4. The standard InChI is InChI=1S/C19H20N2O2/c1-13-6-8-15(9-7-13)17-18(22)20-10-11-21(17)19(23)16-5-3-4-14(2)12-16/h3-9,12,17H,10-11H2,1-2H3,(H,20,22). The SMILES string of the molecule is Cc1ccc(C2C(=O)NCCN2C(=O)c2cccc(C)c2)cc1. The number of aryl methyl sites for hydroxylation is 2. The van der Waals surface area contributed by atoms with Gasteiger partial charge in [-0.25, -0.2) is 0 Å². The molecule has 1 aliphatic heterocycles. The Labute approximate surface area is 136 Å². The second-order valence-electron chi connectivity index (χ2n) is 5.97. The Morgan fingerprint density at radius 3 is 2.52 bits per heavy atom. The van der Waals surface area contributed by atoms with E-state index < -0.39 is 6.04 Å². The average molecular weight is 308 g/mol. The fourth-order valence-electron chi connectivity index (χ4n) is 2.91. The van der Waals surface area contributed by atoms with Crippen molar-refractivity contribution in [3.8, 4) is 0 Å². The van der Waals surface area contributed by atoms with Crippen LogP contribution < -0.4 is 5.32 Å². The van der Waals surface area contributed by atoms with Crippen LogP contribution in [-0.2, 0) is 4.79 Å². The van der Waals surface area contributed by atoms with Crippen molar-refractivity contribution >= 4 is 11.8 Å². The van der Waals surface area contributed by atoms with Crippen molar-refractivity contribution in [3.05, 3.63) is 70.8 Å². The first-order chi connectivity index (χ1) is 11.1. The molecule has 3 rings (SSSR count). The van der Waals surface area contributed by atoms with E-state index >= 15 is 0 Å². The van der Waals surface area contributed by atoms with Crippen molar-refractivity contribution in [1.29, 1.82) is 0 Å². The molecule has 0 spiro atoms. The van der Waals surface area contributed by atoms with E-state index in [9.17, 15) is 9.59 Å². The molecule has 0 radical (unpaired) electrons. The summed E-state index contributed by atoms with van der Waals surface area (Å²) in [6.45, 7) is 4.95. The van der Waals surface area contributed by atoms with Crippen LogP contribution in [-0.4, -0.2) is 29.8 Å². The zero-order valence-electron chi connectivity index (χ0n) is 13.4. The molecule has 1 unspecified atom stereocenters. The first-order valence-electron chi connectivity index (χ1n) is 7.78. The molecular formula is C19H20N2O2. The molecule has 4 nitrogen and oxygen atoms in total. The smallest absolute Gasteiger partial charge is 0.254 e. The van der Waals surface area contributed by atoms with E-state index in [1.807, 2.05) is 56.3 Å². The van der Waals surface area contributed by atoms with Crippen LogP contribution in [0, 0.1) is 13.8 Å². The highest BCUT2D eigenvalue weighted by Crippen LogP contribution is 2.25. The number of rotatable bonds is 2. The third kappa shape index (κ3) is 3.11. The van der Waals surface area contributed by atoms with Crippen molar-refractivity contribution in [2.24, 2.45) is 0 Å². The summed E-state index contributed by atoms with van der Waals surface area (Å²) < 4.78 is 0. The van der Waals surface area contributed by atoms with Crippen LogP contribution in [0.4, 0.5) is 0 Å². The minimum Gasteiger partial charge on any atom is -0.352 e. The maximum atomic E-state index is 12.9. The normalized spacial score (nSPS) is 17.7. The summed E-state index contributed by atoms with van der Waals surface area (Å²) in [5, 5.41) is 2.86. The molecule has 0 bridgehead atoms. The minimum atomic E-state index is -0.572. The largest absolute Gasteiger partial charge is 0.352 e. The van der Waals surface area contributed by atoms with Crippen LogP contribution in [0.1, 0.15) is 33.1 Å². The summed E-state index contributed by atoms with van der Waals surface area (Å²) in [4.78, 5) is 26.9. The Hall–Kier alpha value is -2.62. The maximum Gasteiger partial charge on any atom is 0.254 e. The highest BCUT2D eigenvalue weighted by atomic mass is 16.2. The molecule has 1 atom stereocenters. The number of carbonyl (C=O) groups excluding carboxylic acids is 2. The van der Waals surface area contributed by atoms with E-state index in [0.717, 1.165) is 16.7 Å². The van der Waals surface area contributed by atoms with Crippen molar-refractivity contribution < 1.29 is 9.59 Å². The molecule has 2 amide bonds. The highest BCUT2D eigenvalue weighted by Gasteiger charge is 2.34. The summed E-state index contributed by atoms with van der Waals surface area (Å²) in [7, 11) is 0. The highest BCUT2D eigenvalue weighted by molar-refractivity contribution is 5.98. The first-order valence-corrected chi connectivity index (χ1v) is 7.78. The molecule has 0 saturated carbocycles. The predicted molar refractivity (Wildman–Crippen MR) is 89.1 cm³/mol. The molecule has 1 N–H and O–H groups in total. The van der Waals surface area contributed by atoms with Crippen LogP contribution in [0.3, 0.4) is 0 Å². The van der Waals surface area contributed by atoms with Gasteiger partial charge in [-0.05, 0) is 31.5 Å². The van der Waals surface area contributed by atoms with Gasteiger partial charge in [0.1, 0.15) is 6.04 Å². The number of nitrogens with zero attached hydrogens (tertiary/aromatic N) is 1. The van der Waals surface area contributed by atoms with E-state index in [2.05, 4.69) is 5.32 Å². The Kier molecular flexibility index (Phi) is 4.15. The molecular weight excluding hydrogens is 288 g/mol. The van der Waals surface area contributed by atoms with Gasteiger partial charge in [0.15, 0.2) is 0 Å². The Bertz CT molecular complexity index is 737. The minimum absolute atomic E-state index is 0.103. The average Bonchev–Trinajstić information content (AvgIpc) is 2.55. The summed E-state index contributed by atoms with van der Waals surface area (Å²) in [6, 6.07) is 14.7. The molecule has 1 heterocycles. The lowest BCUT2D eigenvalue weighted by Gasteiger charge is -2.35. The molecule has 0 aliphatic carbocycles. The van der Waals surface area contributed by atoms with Crippen LogP contribution in [0.25, 0.3) is 0 Å². The van der Waals surface area contributed by atoms with Crippen molar-refractivity contribution in [2.75, 3.05) is 13.1 Å². The number of carbonyl (C=O) groups is 2. The first kappa shape index (κ1) is 15.3. The molecule has 0 aromatic heterocycles. The number of hydrogen-bond donors (Lipinski definition) is 1. The lowest BCUT2D eigenvalue weighted by molar-refractivity contribution is -0.128. The molecule has 1 saturated heterocycles. The fraction of sp³-hybridized carbons (Fsp3) is 0.263. The monoisotopic (exact) mass is 308 g/mol. The number of benzene rings is 2. The van der Waals surface area contributed by atoms with E-state index in [4.69, 9.17) is 0 Å². The second kappa shape index (κ2) is 6.24. The second-order valence-corrected chi connectivity index (χ2v) is 5.97. The molecule has 2 aromatic rings. The lowest BCUT2D eigenvalue weighted by atomic mass is 10.00. The number of amides is 2. The predicted octanol–water partition coefficient (Wildman–Crippen LogP) is 2.62. The molecule has 23 heavy (non-hydrogen) atoms. The Morgan fingerprint density at radius 1 is 1.09 bits per heavy atom. The van der Waals surface area contributed by atoms with Crippen LogP contribution in [0.2, 0.25) is 0 Å². The third-order valence-corrected chi connectivity index (χ3v) is 4.13. The van der Waals surface area contributed by atoms with Gasteiger partial charge >= 0.3 is 0 Å². The quantitative estimate of drug-likeness (QED) is 0.927. The van der Waals surface area contributed by atoms with Gasteiger partial charge < -0.3 is 10.2 Å². The van der Waals surface area contributed by atoms with E-state index in [-0.39, 0.29) is 11.8 Å². The number of piperazine rings is 1. The topological polar surface area (TPSA) is 49.4 Å². The summed E-state index contributed by atoms with van der Waals surface area (Å²) in [6.07, 6.45) is 0. The van der Waals surface area contributed by atoms with Gasteiger partial charge in [0.25, 0.3) is 5.91 Å². The Morgan fingerprint density at radius 2 is 1.83 bits per heavy atom. The molecule has 1 aliphatic rings. The maximum absolute atomic E-state index is 12.9. The van der Waals surface area contributed by atoms with E-state index in [1.165, 1.54) is 0 Å². The van der Waals surface area contributed by atoms with Gasteiger partial charge in [0, 0.05) is 18.7 Å². The number of nitrogens with one attached hydrogen (secondary N) is 1. The molecule has 4 heteroatoms. The van der Waals surface area contributed by atoms with Crippen molar-refractivity contribution in [1.82, 2.24) is 10.2 Å². The van der Waals surface area contributed by atoms with Gasteiger partial charge in [0.2, 0.25) is 5.91 Å².